The van der Waals surface area contributed by atoms with Gasteiger partial charge in [-0.15, -0.1) is 0 Å². The number of amides is 2. The van der Waals surface area contributed by atoms with E-state index in [-0.39, 0.29) is 28.2 Å². The number of rotatable bonds is 4. The van der Waals surface area contributed by atoms with Gasteiger partial charge in [-0.3, -0.25) is 9.59 Å². The topological polar surface area (TPSA) is 112 Å². The third-order valence-corrected chi connectivity index (χ3v) is 8.94. The van der Waals surface area contributed by atoms with Gasteiger partial charge in [0.2, 0.25) is 15.9 Å². The summed E-state index contributed by atoms with van der Waals surface area (Å²) in [5.74, 6) is -0.895. The highest BCUT2D eigenvalue weighted by atomic mass is 32.2. The number of carbonyl (C=O) groups excluding carboxylic acids is 2. The molecule has 2 heterocycles. The van der Waals surface area contributed by atoms with E-state index in [9.17, 15) is 26.4 Å². The largest absolute Gasteiger partial charge is 0.339 e. The SMILES string of the molecule is CN(C)S(=O)(=O)c1ccc(C(=O)N2CCN(C(=O)[C@@H]3CCS(=O)(=O)C3)CC2)cc1. The van der Waals surface area contributed by atoms with Crippen LogP contribution in [0.5, 0.6) is 0 Å². The predicted octanol–water partition coefficient (Wildman–Crippen LogP) is -0.344. The molecule has 0 spiro atoms. The van der Waals surface area contributed by atoms with Crippen LogP contribution in [0, 0.1) is 5.92 Å². The zero-order valence-corrected chi connectivity index (χ0v) is 18.1. The van der Waals surface area contributed by atoms with Gasteiger partial charge in [0.15, 0.2) is 9.84 Å². The number of hydrogen-bond donors (Lipinski definition) is 0. The quantitative estimate of drug-likeness (QED) is 0.629. The first-order valence-electron chi connectivity index (χ1n) is 9.32. The van der Waals surface area contributed by atoms with Gasteiger partial charge in [0, 0.05) is 45.8 Å². The summed E-state index contributed by atoms with van der Waals surface area (Å²) in [6.07, 6.45) is 0.364. The van der Waals surface area contributed by atoms with Gasteiger partial charge in [0.25, 0.3) is 5.91 Å². The summed E-state index contributed by atoms with van der Waals surface area (Å²) in [7, 11) is -3.79. The number of carbonyl (C=O) groups is 2. The van der Waals surface area contributed by atoms with Crippen molar-refractivity contribution in [2.45, 2.75) is 11.3 Å². The minimum absolute atomic E-state index is 0.0569. The van der Waals surface area contributed by atoms with Gasteiger partial charge < -0.3 is 9.80 Å². The van der Waals surface area contributed by atoms with Crippen LogP contribution in [-0.2, 0) is 24.7 Å². The maximum atomic E-state index is 12.7. The molecular formula is C18H25N3O6S2. The number of benzene rings is 1. The molecule has 0 N–H and O–H groups in total. The van der Waals surface area contributed by atoms with E-state index in [1.54, 1.807) is 9.80 Å². The summed E-state index contributed by atoms with van der Waals surface area (Å²) >= 11 is 0. The fraction of sp³-hybridized carbons (Fsp3) is 0.556. The van der Waals surface area contributed by atoms with Crippen molar-refractivity contribution in [2.24, 2.45) is 5.92 Å². The molecule has 2 aliphatic heterocycles. The Morgan fingerprint density at radius 2 is 1.55 bits per heavy atom. The number of sulfonamides is 1. The molecule has 1 aromatic rings. The molecule has 2 fully saturated rings. The minimum Gasteiger partial charge on any atom is -0.339 e. The Kier molecular flexibility index (Phi) is 6.02. The van der Waals surface area contributed by atoms with E-state index in [1.165, 1.54) is 38.4 Å². The number of piperazine rings is 1. The summed E-state index contributed by atoms with van der Waals surface area (Å²) in [5, 5.41) is 0. The van der Waals surface area contributed by atoms with Crippen molar-refractivity contribution in [3.8, 4) is 0 Å². The average molecular weight is 444 g/mol. The second-order valence-corrected chi connectivity index (χ2v) is 11.9. The summed E-state index contributed by atoms with van der Waals surface area (Å²) in [4.78, 5) is 28.6. The van der Waals surface area contributed by atoms with Crippen molar-refractivity contribution in [1.82, 2.24) is 14.1 Å². The van der Waals surface area contributed by atoms with Crippen LogP contribution in [0.3, 0.4) is 0 Å². The Morgan fingerprint density at radius 3 is 2.03 bits per heavy atom. The van der Waals surface area contributed by atoms with Crippen molar-refractivity contribution < 1.29 is 26.4 Å². The van der Waals surface area contributed by atoms with Crippen molar-refractivity contribution in [1.29, 1.82) is 0 Å². The Balaban J connectivity index is 1.60. The lowest BCUT2D eigenvalue weighted by molar-refractivity contribution is -0.136. The van der Waals surface area contributed by atoms with Crippen LogP contribution in [-0.4, -0.2) is 94.5 Å². The van der Waals surface area contributed by atoms with Gasteiger partial charge in [-0.05, 0) is 30.7 Å². The molecule has 1 atom stereocenters. The van der Waals surface area contributed by atoms with Crippen LogP contribution in [0.2, 0.25) is 0 Å². The second-order valence-electron chi connectivity index (χ2n) is 7.53. The minimum atomic E-state index is -3.56. The zero-order valence-electron chi connectivity index (χ0n) is 16.4. The first-order chi connectivity index (χ1) is 13.5. The highest BCUT2D eigenvalue weighted by Crippen LogP contribution is 2.22. The van der Waals surface area contributed by atoms with Gasteiger partial charge in [-0.2, -0.15) is 0 Å². The molecule has 2 saturated heterocycles. The van der Waals surface area contributed by atoms with E-state index >= 15 is 0 Å². The molecule has 0 unspecified atom stereocenters. The van der Waals surface area contributed by atoms with Crippen molar-refractivity contribution in [2.75, 3.05) is 51.8 Å². The Morgan fingerprint density at radius 1 is 1.00 bits per heavy atom. The molecule has 29 heavy (non-hydrogen) atoms. The molecule has 9 nitrogen and oxygen atoms in total. The predicted molar refractivity (Wildman–Crippen MR) is 107 cm³/mol. The summed E-state index contributed by atoms with van der Waals surface area (Å²) < 4.78 is 48.5. The Labute approximate surface area is 171 Å². The van der Waals surface area contributed by atoms with Crippen LogP contribution in [0.15, 0.2) is 29.2 Å². The first kappa shape index (κ1) is 21.7. The smallest absolute Gasteiger partial charge is 0.253 e. The average Bonchev–Trinajstić information content (AvgIpc) is 3.06. The van der Waals surface area contributed by atoms with Crippen molar-refractivity contribution in [3.63, 3.8) is 0 Å². The van der Waals surface area contributed by atoms with Crippen LogP contribution in [0.25, 0.3) is 0 Å². The molecule has 160 valence electrons. The number of sulfone groups is 1. The molecule has 3 rings (SSSR count). The number of hydrogen-bond acceptors (Lipinski definition) is 6. The van der Waals surface area contributed by atoms with E-state index in [2.05, 4.69) is 0 Å². The lowest BCUT2D eigenvalue weighted by atomic mass is 10.1. The Bertz CT molecular complexity index is 995. The normalized spacial score (nSPS) is 22.1. The van der Waals surface area contributed by atoms with Crippen molar-refractivity contribution in [3.05, 3.63) is 29.8 Å². The van der Waals surface area contributed by atoms with Gasteiger partial charge in [0.05, 0.1) is 22.3 Å². The molecule has 2 amide bonds. The maximum absolute atomic E-state index is 12.7. The molecule has 0 saturated carbocycles. The number of nitrogens with zero attached hydrogens (tertiary/aromatic N) is 3. The van der Waals surface area contributed by atoms with Crippen molar-refractivity contribution >= 4 is 31.7 Å². The molecule has 0 aromatic heterocycles. The van der Waals surface area contributed by atoms with E-state index in [0.29, 0.717) is 38.2 Å². The first-order valence-corrected chi connectivity index (χ1v) is 12.6. The fourth-order valence-electron chi connectivity index (χ4n) is 3.54. The standard InChI is InChI=1S/C18H25N3O6S2/c1-19(2)29(26,27)16-5-3-14(4-6-16)17(22)20-8-10-21(11-9-20)18(23)15-7-12-28(24,25)13-15/h3-6,15H,7-13H2,1-2H3/t15-/m1/s1. The van der Waals surface area contributed by atoms with Crippen LogP contribution in [0.1, 0.15) is 16.8 Å². The third kappa shape index (κ3) is 4.62. The summed E-state index contributed by atoms with van der Waals surface area (Å²) in [6, 6.07) is 5.78. The maximum Gasteiger partial charge on any atom is 0.253 e. The molecule has 0 aliphatic carbocycles. The zero-order chi connectivity index (χ0) is 21.4. The van der Waals surface area contributed by atoms with Gasteiger partial charge in [0.1, 0.15) is 0 Å². The lowest BCUT2D eigenvalue weighted by Crippen LogP contribution is -2.52. The van der Waals surface area contributed by atoms with E-state index < -0.39 is 25.8 Å². The molecule has 1 aromatic carbocycles. The van der Waals surface area contributed by atoms with E-state index in [1.807, 2.05) is 0 Å². The fourth-order valence-corrected chi connectivity index (χ4v) is 6.18. The molecular weight excluding hydrogens is 418 g/mol. The summed E-state index contributed by atoms with van der Waals surface area (Å²) in [6.45, 7) is 1.41. The molecule has 11 heteroatoms. The Hall–Kier alpha value is -1.98. The van der Waals surface area contributed by atoms with Crippen LogP contribution >= 0.6 is 0 Å². The molecule has 0 radical (unpaired) electrons. The van der Waals surface area contributed by atoms with Gasteiger partial charge in [-0.1, -0.05) is 0 Å². The van der Waals surface area contributed by atoms with Crippen LogP contribution < -0.4 is 0 Å². The van der Waals surface area contributed by atoms with Gasteiger partial charge in [-0.25, -0.2) is 21.1 Å². The summed E-state index contributed by atoms with van der Waals surface area (Å²) in [5.41, 5.74) is 0.379. The monoisotopic (exact) mass is 443 g/mol. The van der Waals surface area contributed by atoms with E-state index in [4.69, 9.17) is 0 Å². The van der Waals surface area contributed by atoms with E-state index in [0.717, 1.165) is 4.31 Å². The molecule has 0 bridgehead atoms. The van der Waals surface area contributed by atoms with Crippen LogP contribution in [0.4, 0.5) is 0 Å². The molecule has 2 aliphatic rings. The lowest BCUT2D eigenvalue weighted by Gasteiger charge is -2.36. The highest BCUT2D eigenvalue weighted by molar-refractivity contribution is 7.91. The third-order valence-electron chi connectivity index (χ3n) is 5.34. The second kappa shape index (κ2) is 8.04. The van der Waals surface area contributed by atoms with Gasteiger partial charge >= 0.3 is 0 Å². The highest BCUT2D eigenvalue weighted by Gasteiger charge is 2.36.